The van der Waals surface area contributed by atoms with E-state index < -0.39 is 12.0 Å². The average molecular weight is 332 g/mol. The van der Waals surface area contributed by atoms with Crippen molar-refractivity contribution >= 4 is 17.5 Å². The van der Waals surface area contributed by atoms with Crippen molar-refractivity contribution in [1.29, 1.82) is 0 Å². The first-order valence-electron chi connectivity index (χ1n) is 7.60. The zero-order valence-corrected chi connectivity index (χ0v) is 13.3. The molecule has 0 saturated carbocycles. The van der Waals surface area contributed by atoms with Crippen molar-refractivity contribution in [3.63, 3.8) is 0 Å². The largest absolute Gasteiger partial charge is 0.508 e. The molecule has 2 aromatic rings. The van der Waals surface area contributed by atoms with Crippen LogP contribution in [0.25, 0.3) is 0 Å². The summed E-state index contributed by atoms with van der Waals surface area (Å²) < 4.78 is 0. The Kier molecular flexibility index (Phi) is 4.55. The molecular weight excluding hydrogens is 314 g/mol. The number of aromatic hydroxyl groups is 1. The molecule has 5 heteroatoms. The van der Waals surface area contributed by atoms with Crippen molar-refractivity contribution < 1.29 is 15.0 Å². The number of aliphatic hydroxyl groups excluding tert-OH is 1. The molecule has 1 aliphatic carbocycles. The van der Waals surface area contributed by atoms with E-state index in [9.17, 15) is 15.0 Å². The van der Waals surface area contributed by atoms with Crippen molar-refractivity contribution in [3.05, 3.63) is 64.2 Å². The molecule has 120 valence electrons. The van der Waals surface area contributed by atoms with Crippen molar-refractivity contribution in [3.8, 4) is 5.75 Å². The predicted octanol–water partition coefficient (Wildman–Crippen LogP) is 3.27. The predicted molar refractivity (Wildman–Crippen MR) is 88.3 cm³/mol. The number of fused-ring (bicyclic) bond motifs is 1. The molecule has 0 heterocycles. The van der Waals surface area contributed by atoms with Crippen LogP contribution in [0, 0.1) is 0 Å². The molecule has 2 atom stereocenters. The third kappa shape index (κ3) is 3.49. The Labute approximate surface area is 139 Å². The van der Waals surface area contributed by atoms with Gasteiger partial charge in [-0.3, -0.25) is 4.79 Å². The molecule has 0 aliphatic heterocycles. The van der Waals surface area contributed by atoms with E-state index in [4.69, 9.17) is 11.6 Å². The van der Waals surface area contributed by atoms with Gasteiger partial charge in [-0.05, 0) is 60.2 Å². The molecule has 0 fully saturated rings. The highest BCUT2D eigenvalue weighted by Gasteiger charge is 2.25. The minimum absolute atomic E-state index is 0.181. The highest BCUT2D eigenvalue weighted by Crippen LogP contribution is 2.32. The lowest BCUT2D eigenvalue weighted by Gasteiger charge is -2.27. The maximum atomic E-state index is 12.4. The van der Waals surface area contributed by atoms with Gasteiger partial charge in [0.2, 0.25) is 0 Å². The van der Waals surface area contributed by atoms with Crippen LogP contribution in [0.15, 0.2) is 42.5 Å². The number of hydrogen-bond acceptors (Lipinski definition) is 3. The molecule has 1 aliphatic rings. The second kappa shape index (κ2) is 6.60. The summed E-state index contributed by atoms with van der Waals surface area (Å²) >= 11 is 5.90. The summed E-state index contributed by atoms with van der Waals surface area (Å²) in [4.78, 5) is 12.4. The Morgan fingerprint density at radius 1 is 1.26 bits per heavy atom. The first-order chi connectivity index (χ1) is 11.0. The van der Waals surface area contributed by atoms with Crippen molar-refractivity contribution in [2.75, 3.05) is 0 Å². The van der Waals surface area contributed by atoms with Gasteiger partial charge < -0.3 is 15.5 Å². The van der Waals surface area contributed by atoms with Crippen LogP contribution in [0.4, 0.5) is 0 Å². The summed E-state index contributed by atoms with van der Waals surface area (Å²) in [7, 11) is 0. The topological polar surface area (TPSA) is 69.6 Å². The van der Waals surface area contributed by atoms with Crippen LogP contribution >= 0.6 is 11.6 Å². The third-order valence-electron chi connectivity index (χ3n) is 4.17. The second-order valence-corrected chi connectivity index (χ2v) is 6.23. The molecular formula is C18H18ClNO3. The van der Waals surface area contributed by atoms with Gasteiger partial charge in [0.1, 0.15) is 5.75 Å². The number of phenolic OH excluding ortho intramolecular Hbond substituents is 1. The van der Waals surface area contributed by atoms with E-state index in [0.717, 1.165) is 30.4 Å². The van der Waals surface area contributed by atoms with E-state index >= 15 is 0 Å². The van der Waals surface area contributed by atoms with Gasteiger partial charge in [-0.2, -0.15) is 0 Å². The summed E-state index contributed by atoms with van der Waals surface area (Å²) in [6.45, 7) is 0. The molecule has 23 heavy (non-hydrogen) atoms. The molecule has 0 spiro atoms. The zero-order valence-electron chi connectivity index (χ0n) is 12.5. The van der Waals surface area contributed by atoms with Gasteiger partial charge in [-0.15, -0.1) is 0 Å². The number of carbonyl (C=O) groups is 1. The first kappa shape index (κ1) is 15.8. The fourth-order valence-electron chi connectivity index (χ4n) is 3.02. The molecule has 3 N–H and O–H groups in total. The Hall–Kier alpha value is -2.04. The van der Waals surface area contributed by atoms with E-state index in [1.807, 2.05) is 6.07 Å². The SMILES string of the molecule is O=C(NC1CCCc2ccc(O)cc21)C(O)c1cccc(Cl)c1. The second-order valence-electron chi connectivity index (χ2n) is 5.79. The van der Waals surface area contributed by atoms with Crippen LogP contribution in [-0.2, 0) is 11.2 Å². The average Bonchev–Trinajstić information content (AvgIpc) is 2.54. The highest BCUT2D eigenvalue weighted by molar-refractivity contribution is 6.30. The van der Waals surface area contributed by atoms with E-state index in [2.05, 4.69) is 5.32 Å². The van der Waals surface area contributed by atoms with Crippen molar-refractivity contribution in [2.45, 2.75) is 31.4 Å². The summed E-state index contributed by atoms with van der Waals surface area (Å²) in [5, 5.41) is 23.3. The zero-order chi connectivity index (χ0) is 16.4. The molecule has 4 nitrogen and oxygen atoms in total. The van der Waals surface area contributed by atoms with Gasteiger partial charge in [0.05, 0.1) is 6.04 Å². The number of halogens is 1. The van der Waals surface area contributed by atoms with E-state index in [-0.39, 0.29) is 11.8 Å². The molecule has 2 unspecified atom stereocenters. The summed E-state index contributed by atoms with van der Waals surface area (Å²) in [6.07, 6.45) is 1.40. The Morgan fingerprint density at radius 2 is 2.09 bits per heavy atom. The maximum Gasteiger partial charge on any atom is 0.253 e. The van der Waals surface area contributed by atoms with Crippen molar-refractivity contribution in [2.24, 2.45) is 0 Å². The van der Waals surface area contributed by atoms with Crippen LogP contribution in [0.2, 0.25) is 5.02 Å². The fourth-order valence-corrected chi connectivity index (χ4v) is 3.21. The first-order valence-corrected chi connectivity index (χ1v) is 7.98. The van der Waals surface area contributed by atoms with Crippen LogP contribution in [0.3, 0.4) is 0 Å². The minimum Gasteiger partial charge on any atom is -0.508 e. The van der Waals surface area contributed by atoms with Crippen LogP contribution < -0.4 is 5.32 Å². The van der Waals surface area contributed by atoms with Gasteiger partial charge in [-0.25, -0.2) is 0 Å². The summed E-state index contributed by atoms with van der Waals surface area (Å²) in [5.41, 5.74) is 2.50. The number of hydrogen-bond donors (Lipinski definition) is 3. The Bertz CT molecular complexity index is 732. The lowest BCUT2D eigenvalue weighted by molar-refractivity contribution is -0.130. The lowest BCUT2D eigenvalue weighted by Crippen LogP contribution is -2.34. The van der Waals surface area contributed by atoms with Gasteiger partial charge in [-0.1, -0.05) is 29.8 Å². The highest BCUT2D eigenvalue weighted by atomic mass is 35.5. The summed E-state index contributed by atoms with van der Waals surface area (Å²) in [5.74, 6) is -0.284. The fraction of sp³-hybridized carbons (Fsp3) is 0.278. The third-order valence-corrected chi connectivity index (χ3v) is 4.41. The van der Waals surface area contributed by atoms with Crippen LogP contribution in [0.5, 0.6) is 5.75 Å². The van der Waals surface area contributed by atoms with E-state index in [1.165, 1.54) is 0 Å². The molecule has 1 amide bonds. The standard InChI is InChI=1S/C18H18ClNO3/c19-13-5-1-4-12(9-13)17(22)18(23)20-16-6-2-3-11-7-8-14(21)10-15(11)16/h1,4-5,7-10,16-17,21-22H,2-3,6H2,(H,20,23). The normalized spacial score (nSPS) is 18.1. The Balaban J connectivity index is 1.77. The number of rotatable bonds is 3. The number of aliphatic hydroxyl groups is 1. The van der Waals surface area contributed by atoms with Gasteiger partial charge in [0.25, 0.3) is 5.91 Å². The summed E-state index contributed by atoms with van der Waals surface area (Å²) in [6, 6.07) is 11.7. The number of aryl methyl sites for hydroxylation is 1. The quantitative estimate of drug-likeness (QED) is 0.808. The van der Waals surface area contributed by atoms with Crippen molar-refractivity contribution in [1.82, 2.24) is 5.32 Å². The molecule has 2 aromatic carbocycles. The van der Waals surface area contributed by atoms with Gasteiger partial charge >= 0.3 is 0 Å². The van der Waals surface area contributed by atoms with E-state index in [1.54, 1.807) is 36.4 Å². The molecule has 0 bridgehead atoms. The molecule has 0 radical (unpaired) electrons. The Morgan fingerprint density at radius 3 is 2.87 bits per heavy atom. The molecule has 0 aromatic heterocycles. The number of nitrogens with one attached hydrogen (secondary N) is 1. The van der Waals surface area contributed by atoms with Gasteiger partial charge in [0, 0.05) is 5.02 Å². The van der Waals surface area contributed by atoms with Gasteiger partial charge in [0.15, 0.2) is 6.10 Å². The number of amides is 1. The van der Waals surface area contributed by atoms with E-state index in [0.29, 0.717) is 10.6 Å². The smallest absolute Gasteiger partial charge is 0.253 e. The number of benzene rings is 2. The molecule has 0 saturated heterocycles. The lowest BCUT2D eigenvalue weighted by atomic mass is 9.87. The molecule has 3 rings (SSSR count). The number of carbonyl (C=O) groups excluding carboxylic acids is 1. The maximum absolute atomic E-state index is 12.4. The van der Waals surface area contributed by atoms with Crippen LogP contribution in [0.1, 0.15) is 41.7 Å². The monoisotopic (exact) mass is 331 g/mol. The van der Waals surface area contributed by atoms with Crippen LogP contribution in [-0.4, -0.2) is 16.1 Å². The number of phenols is 1. The minimum atomic E-state index is -1.27.